The molecule has 3 N–H and O–H groups in total. The van der Waals surface area contributed by atoms with Crippen LogP contribution in [-0.4, -0.2) is 16.9 Å². The van der Waals surface area contributed by atoms with Crippen LogP contribution in [-0.2, 0) is 13.1 Å². The number of rotatable bonds is 5. The van der Waals surface area contributed by atoms with Crippen molar-refractivity contribution in [3.63, 3.8) is 0 Å². The van der Waals surface area contributed by atoms with Gasteiger partial charge < -0.3 is 9.84 Å². The molecule has 5 heteroatoms. The molecule has 0 bridgehead atoms. The Hall–Kier alpha value is -1.85. The first-order valence-corrected chi connectivity index (χ1v) is 5.39. The Balaban J connectivity index is 2.00. The van der Waals surface area contributed by atoms with Crippen LogP contribution < -0.4 is 11.3 Å². The van der Waals surface area contributed by atoms with Gasteiger partial charge in [0.05, 0.1) is 12.5 Å². The molecule has 0 amide bonds. The minimum atomic E-state index is 0.714. The van der Waals surface area contributed by atoms with E-state index in [-0.39, 0.29) is 0 Å². The fraction of sp³-hybridized carbons (Fsp3) is 0.250. The van der Waals surface area contributed by atoms with Crippen LogP contribution in [0.3, 0.4) is 0 Å². The maximum Gasteiger partial charge on any atom is 0.144 e. The SMILES string of the molecule is CN(Cc1ccoc1)Cc1cccnc1NN. The molecular formula is C12H16N4O. The molecule has 90 valence electrons. The summed E-state index contributed by atoms with van der Waals surface area (Å²) in [5, 5.41) is 0. The zero-order valence-corrected chi connectivity index (χ0v) is 9.76. The average molecular weight is 232 g/mol. The van der Waals surface area contributed by atoms with Gasteiger partial charge in [-0.25, -0.2) is 10.8 Å². The molecule has 5 nitrogen and oxygen atoms in total. The van der Waals surface area contributed by atoms with E-state index in [0.29, 0.717) is 5.82 Å². The number of furan rings is 1. The van der Waals surface area contributed by atoms with Crippen molar-refractivity contribution in [2.45, 2.75) is 13.1 Å². The number of pyridine rings is 1. The smallest absolute Gasteiger partial charge is 0.144 e. The van der Waals surface area contributed by atoms with Crippen molar-refractivity contribution in [2.75, 3.05) is 12.5 Å². The molecular weight excluding hydrogens is 216 g/mol. The van der Waals surface area contributed by atoms with Gasteiger partial charge in [0, 0.05) is 30.4 Å². The molecule has 17 heavy (non-hydrogen) atoms. The molecule has 2 heterocycles. The van der Waals surface area contributed by atoms with Crippen molar-refractivity contribution in [3.8, 4) is 0 Å². The number of hydrazine groups is 1. The van der Waals surface area contributed by atoms with Crippen LogP contribution in [0.5, 0.6) is 0 Å². The summed E-state index contributed by atoms with van der Waals surface area (Å²) in [4.78, 5) is 6.34. The molecule has 0 atom stereocenters. The topological polar surface area (TPSA) is 67.3 Å². The number of nitrogens with two attached hydrogens (primary N) is 1. The highest BCUT2D eigenvalue weighted by Gasteiger charge is 2.06. The van der Waals surface area contributed by atoms with Crippen molar-refractivity contribution in [1.82, 2.24) is 9.88 Å². The maximum atomic E-state index is 5.42. The van der Waals surface area contributed by atoms with E-state index in [9.17, 15) is 0 Å². The fourth-order valence-corrected chi connectivity index (χ4v) is 1.74. The number of hydrogen-bond acceptors (Lipinski definition) is 5. The maximum absolute atomic E-state index is 5.42. The van der Waals surface area contributed by atoms with Gasteiger partial charge >= 0.3 is 0 Å². The van der Waals surface area contributed by atoms with Crippen LogP contribution in [0.15, 0.2) is 41.3 Å². The van der Waals surface area contributed by atoms with Gasteiger partial charge in [0.1, 0.15) is 5.82 Å². The number of hydrogen-bond donors (Lipinski definition) is 2. The Morgan fingerprint density at radius 1 is 1.41 bits per heavy atom. The highest BCUT2D eigenvalue weighted by molar-refractivity contribution is 5.42. The first kappa shape index (κ1) is 11.6. The van der Waals surface area contributed by atoms with Gasteiger partial charge in [-0.1, -0.05) is 6.07 Å². The Morgan fingerprint density at radius 2 is 2.29 bits per heavy atom. The predicted molar refractivity (Wildman–Crippen MR) is 65.9 cm³/mol. The van der Waals surface area contributed by atoms with E-state index < -0.39 is 0 Å². The van der Waals surface area contributed by atoms with Crippen molar-refractivity contribution in [1.29, 1.82) is 0 Å². The summed E-state index contributed by atoms with van der Waals surface area (Å²) >= 11 is 0. The Labute approximate surface area is 100 Å². The van der Waals surface area contributed by atoms with E-state index >= 15 is 0 Å². The second kappa shape index (κ2) is 5.47. The van der Waals surface area contributed by atoms with Crippen molar-refractivity contribution in [2.24, 2.45) is 5.84 Å². The molecule has 0 aliphatic carbocycles. The van der Waals surface area contributed by atoms with E-state index in [1.165, 1.54) is 0 Å². The molecule has 0 saturated heterocycles. The van der Waals surface area contributed by atoms with E-state index in [4.69, 9.17) is 10.3 Å². The molecule has 0 spiro atoms. The van der Waals surface area contributed by atoms with Crippen LogP contribution in [0, 0.1) is 0 Å². The van der Waals surface area contributed by atoms with Crippen LogP contribution in [0.2, 0.25) is 0 Å². The van der Waals surface area contributed by atoms with Gasteiger partial charge in [0.15, 0.2) is 0 Å². The first-order chi connectivity index (χ1) is 8.29. The third kappa shape index (κ3) is 3.05. The monoisotopic (exact) mass is 232 g/mol. The number of aromatic nitrogens is 1. The molecule has 0 aliphatic rings. The van der Waals surface area contributed by atoms with Gasteiger partial charge in [-0.2, -0.15) is 0 Å². The highest BCUT2D eigenvalue weighted by Crippen LogP contribution is 2.13. The van der Waals surface area contributed by atoms with Gasteiger partial charge in [-0.15, -0.1) is 0 Å². The minimum absolute atomic E-state index is 0.714. The normalized spacial score (nSPS) is 10.8. The van der Waals surface area contributed by atoms with Crippen LogP contribution in [0.25, 0.3) is 0 Å². The quantitative estimate of drug-likeness (QED) is 0.605. The lowest BCUT2D eigenvalue weighted by Gasteiger charge is -2.17. The van der Waals surface area contributed by atoms with E-state index in [2.05, 4.69) is 15.3 Å². The summed E-state index contributed by atoms with van der Waals surface area (Å²) in [6.07, 6.45) is 5.15. The van der Waals surface area contributed by atoms with Crippen molar-refractivity contribution < 1.29 is 4.42 Å². The largest absolute Gasteiger partial charge is 0.472 e. The number of nitrogens with zero attached hydrogens (tertiary/aromatic N) is 2. The lowest BCUT2D eigenvalue weighted by molar-refractivity contribution is 0.318. The van der Waals surface area contributed by atoms with Gasteiger partial charge in [-0.05, 0) is 19.2 Å². The van der Waals surface area contributed by atoms with Crippen molar-refractivity contribution >= 4 is 5.82 Å². The lowest BCUT2D eigenvalue weighted by Crippen LogP contribution is -2.19. The fourth-order valence-electron chi connectivity index (χ4n) is 1.74. The Bertz CT molecular complexity index is 455. The van der Waals surface area contributed by atoms with E-state index in [0.717, 1.165) is 24.2 Å². The zero-order valence-electron chi connectivity index (χ0n) is 9.76. The van der Waals surface area contributed by atoms with Crippen molar-refractivity contribution in [3.05, 3.63) is 48.0 Å². The molecule has 2 aromatic heterocycles. The van der Waals surface area contributed by atoms with Gasteiger partial charge in [-0.3, -0.25) is 4.90 Å². The number of nitrogens with one attached hydrogen (secondary N) is 1. The summed E-state index contributed by atoms with van der Waals surface area (Å²) < 4.78 is 5.04. The lowest BCUT2D eigenvalue weighted by atomic mass is 10.2. The Kier molecular flexibility index (Phi) is 3.74. The van der Waals surface area contributed by atoms with E-state index in [1.807, 2.05) is 25.2 Å². The minimum Gasteiger partial charge on any atom is -0.472 e. The second-order valence-corrected chi connectivity index (χ2v) is 3.96. The summed E-state index contributed by atoms with van der Waals surface area (Å²) in [5.74, 6) is 6.13. The van der Waals surface area contributed by atoms with Gasteiger partial charge in [0.2, 0.25) is 0 Å². The predicted octanol–water partition coefficient (Wildman–Crippen LogP) is 1.59. The summed E-state index contributed by atoms with van der Waals surface area (Å²) in [6.45, 7) is 1.61. The van der Waals surface area contributed by atoms with Crippen LogP contribution in [0.1, 0.15) is 11.1 Å². The van der Waals surface area contributed by atoms with Crippen LogP contribution >= 0.6 is 0 Å². The first-order valence-electron chi connectivity index (χ1n) is 5.39. The molecule has 0 aliphatic heterocycles. The summed E-state index contributed by atoms with van der Waals surface area (Å²) in [6, 6.07) is 5.87. The third-order valence-electron chi connectivity index (χ3n) is 2.50. The molecule has 0 aromatic carbocycles. The number of anilines is 1. The van der Waals surface area contributed by atoms with Gasteiger partial charge in [0.25, 0.3) is 0 Å². The molecule has 0 saturated carbocycles. The summed E-state index contributed by atoms with van der Waals surface area (Å²) in [5.41, 5.74) is 4.83. The zero-order chi connectivity index (χ0) is 12.1. The molecule has 0 fully saturated rings. The highest BCUT2D eigenvalue weighted by atomic mass is 16.3. The average Bonchev–Trinajstić information content (AvgIpc) is 2.82. The molecule has 2 aromatic rings. The van der Waals surface area contributed by atoms with Crippen LogP contribution in [0.4, 0.5) is 5.82 Å². The van der Waals surface area contributed by atoms with E-state index in [1.54, 1.807) is 18.7 Å². The number of nitrogen functional groups attached to an aromatic ring is 1. The third-order valence-corrected chi connectivity index (χ3v) is 2.50. The molecule has 0 unspecified atom stereocenters. The molecule has 2 rings (SSSR count). The second-order valence-electron chi connectivity index (χ2n) is 3.96. The summed E-state index contributed by atoms with van der Waals surface area (Å²) in [7, 11) is 2.04. The Morgan fingerprint density at radius 3 is 3.00 bits per heavy atom. The standard InChI is InChI=1S/C12H16N4O/c1-16(7-10-4-6-17-9-10)8-11-3-2-5-14-12(11)15-13/h2-6,9H,7-8,13H2,1H3,(H,14,15). The molecule has 0 radical (unpaired) electrons.